The van der Waals surface area contributed by atoms with E-state index >= 15 is 0 Å². The van der Waals surface area contributed by atoms with Crippen LogP contribution in [0.25, 0.3) is 10.9 Å². The van der Waals surface area contributed by atoms with Crippen LogP contribution in [0.3, 0.4) is 0 Å². The topological polar surface area (TPSA) is 70.1 Å². The standard InChI is InChI=1S/C26H28FN7/c1-18-4-3-5-22-23(16-29-32-26(18)22)30-24-6-7-28-25(31-24)15-19-12-20(14-21(27)13-19)17-34-10-8-33(2)9-11-34/h3-7,12-14,16H,8-11,15,17H2,1-2H3,(H,28,30,31,32). The van der Waals surface area contributed by atoms with Gasteiger partial charge in [0.2, 0.25) is 0 Å². The van der Waals surface area contributed by atoms with Crippen LogP contribution in [0.2, 0.25) is 0 Å². The SMILES string of the molecule is Cc1cccc2c(Nc3ccnc(Cc4cc(F)cc(CN5CCN(C)CC5)c4)n3)cnnc12. The van der Waals surface area contributed by atoms with Crippen molar-refractivity contribution in [1.29, 1.82) is 0 Å². The zero-order valence-electron chi connectivity index (χ0n) is 19.5. The Bertz CT molecular complexity index is 1300. The Morgan fingerprint density at radius 1 is 1.03 bits per heavy atom. The molecule has 34 heavy (non-hydrogen) atoms. The van der Waals surface area contributed by atoms with Crippen LogP contribution in [0, 0.1) is 12.7 Å². The summed E-state index contributed by atoms with van der Waals surface area (Å²) in [6, 6.07) is 13.1. The van der Waals surface area contributed by atoms with Crippen molar-refractivity contribution < 1.29 is 4.39 Å². The van der Waals surface area contributed by atoms with Gasteiger partial charge in [0.1, 0.15) is 17.5 Å². The van der Waals surface area contributed by atoms with E-state index in [0.29, 0.717) is 18.1 Å². The van der Waals surface area contributed by atoms with E-state index in [-0.39, 0.29) is 5.82 Å². The van der Waals surface area contributed by atoms with Crippen molar-refractivity contribution in [2.24, 2.45) is 0 Å². The summed E-state index contributed by atoms with van der Waals surface area (Å²) in [5.41, 5.74) is 4.61. The number of aromatic nitrogens is 4. The summed E-state index contributed by atoms with van der Waals surface area (Å²) < 4.78 is 14.4. The van der Waals surface area contributed by atoms with Crippen molar-refractivity contribution in [3.8, 4) is 0 Å². The molecule has 0 saturated carbocycles. The van der Waals surface area contributed by atoms with E-state index in [1.807, 2.05) is 31.2 Å². The molecule has 0 unspecified atom stereocenters. The molecule has 2 aromatic heterocycles. The number of nitrogens with one attached hydrogen (secondary N) is 1. The average molecular weight is 458 g/mol. The number of rotatable bonds is 6. The van der Waals surface area contributed by atoms with E-state index in [4.69, 9.17) is 0 Å². The van der Waals surface area contributed by atoms with E-state index in [0.717, 1.165) is 66.0 Å². The van der Waals surface area contributed by atoms with Gasteiger partial charge in [0.05, 0.1) is 17.4 Å². The van der Waals surface area contributed by atoms with E-state index in [1.54, 1.807) is 24.5 Å². The lowest BCUT2D eigenvalue weighted by Crippen LogP contribution is -2.43. The zero-order chi connectivity index (χ0) is 23.5. The molecule has 0 radical (unpaired) electrons. The number of likely N-dealkylation sites (N-methyl/N-ethyl adjacent to an activating group) is 1. The molecule has 174 valence electrons. The lowest BCUT2D eigenvalue weighted by atomic mass is 10.1. The Balaban J connectivity index is 1.33. The van der Waals surface area contributed by atoms with Gasteiger partial charge in [0.15, 0.2) is 0 Å². The van der Waals surface area contributed by atoms with Crippen LogP contribution >= 0.6 is 0 Å². The van der Waals surface area contributed by atoms with Crippen LogP contribution in [0.4, 0.5) is 15.9 Å². The lowest BCUT2D eigenvalue weighted by Gasteiger charge is -2.32. The van der Waals surface area contributed by atoms with Crippen LogP contribution in [0.5, 0.6) is 0 Å². The molecular formula is C26H28FN7. The number of hydrogen-bond acceptors (Lipinski definition) is 7. The normalized spacial score (nSPS) is 15.0. The third-order valence-electron chi connectivity index (χ3n) is 6.22. The Morgan fingerprint density at radius 2 is 1.85 bits per heavy atom. The molecule has 0 amide bonds. The molecule has 3 heterocycles. The second-order valence-electron chi connectivity index (χ2n) is 8.94. The van der Waals surface area contributed by atoms with E-state index in [1.165, 1.54) is 0 Å². The van der Waals surface area contributed by atoms with Crippen LogP contribution in [0.1, 0.15) is 22.5 Å². The third kappa shape index (κ3) is 5.18. The van der Waals surface area contributed by atoms with Gasteiger partial charge in [-0.3, -0.25) is 4.90 Å². The Morgan fingerprint density at radius 3 is 2.71 bits per heavy atom. The van der Waals surface area contributed by atoms with E-state index < -0.39 is 0 Å². The van der Waals surface area contributed by atoms with Crippen LogP contribution in [0.15, 0.2) is 54.9 Å². The first-order chi connectivity index (χ1) is 16.5. The van der Waals surface area contributed by atoms with Crippen molar-refractivity contribution >= 4 is 22.4 Å². The lowest BCUT2D eigenvalue weighted by molar-refractivity contribution is 0.148. The molecule has 0 spiro atoms. The highest BCUT2D eigenvalue weighted by Crippen LogP contribution is 2.25. The summed E-state index contributed by atoms with van der Waals surface area (Å²) in [5.74, 6) is 1.07. The maximum absolute atomic E-state index is 14.4. The predicted octanol–water partition coefficient (Wildman–Crippen LogP) is 3.95. The summed E-state index contributed by atoms with van der Waals surface area (Å²) in [6.45, 7) is 6.84. The molecule has 1 aliphatic heterocycles. The fourth-order valence-electron chi connectivity index (χ4n) is 4.37. The molecule has 0 bridgehead atoms. The van der Waals surface area contributed by atoms with E-state index in [2.05, 4.69) is 48.4 Å². The number of aryl methyl sites for hydroxylation is 1. The van der Waals surface area contributed by atoms with Gasteiger partial charge in [-0.2, -0.15) is 10.2 Å². The van der Waals surface area contributed by atoms with Gasteiger partial charge >= 0.3 is 0 Å². The molecule has 1 aliphatic rings. The predicted molar refractivity (Wildman–Crippen MR) is 132 cm³/mol. The number of hydrogen-bond donors (Lipinski definition) is 1. The first-order valence-corrected chi connectivity index (χ1v) is 11.5. The van der Waals surface area contributed by atoms with Gasteiger partial charge < -0.3 is 10.2 Å². The van der Waals surface area contributed by atoms with Gasteiger partial charge in [-0.25, -0.2) is 14.4 Å². The maximum atomic E-state index is 14.4. The zero-order valence-corrected chi connectivity index (χ0v) is 19.5. The van der Waals surface area contributed by atoms with Crippen molar-refractivity contribution in [3.63, 3.8) is 0 Å². The molecule has 5 rings (SSSR count). The number of anilines is 2. The highest BCUT2D eigenvalue weighted by molar-refractivity contribution is 5.93. The quantitative estimate of drug-likeness (QED) is 0.470. The molecule has 1 saturated heterocycles. The highest BCUT2D eigenvalue weighted by atomic mass is 19.1. The number of piperazine rings is 1. The van der Waals surface area contributed by atoms with Crippen LogP contribution in [-0.4, -0.2) is 63.2 Å². The summed E-state index contributed by atoms with van der Waals surface area (Å²) in [7, 11) is 2.13. The summed E-state index contributed by atoms with van der Waals surface area (Å²) in [6.07, 6.45) is 3.87. The smallest absolute Gasteiger partial charge is 0.135 e. The summed E-state index contributed by atoms with van der Waals surface area (Å²) in [4.78, 5) is 13.8. The van der Waals surface area contributed by atoms with Crippen molar-refractivity contribution in [2.45, 2.75) is 19.9 Å². The molecule has 1 N–H and O–H groups in total. The van der Waals surface area contributed by atoms with Gasteiger partial charge in [-0.15, -0.1) is 0 Å². The highest BCUT2D eigenvalue weighted by Gasteiger charge is 2.15. The van der Waals surface area contributed by atoms with Gasteiger partial charge in [0.25, 0.3) is 0 Å². The van der Waals surface area contributed by atoms with Gasteiger partial charge in [0, 0.05) is 50.7 Å². The van der Waals surface area contributed by atoms with Crippen molar-refractivity contribution in [3.05, 3.63) is 83.2 Å². The number of benzene rings is 2. The molecule has 0 aliphatic carbocycles. The maximum Gasteiger partial charge on any atom is 0.135 e. The largest absolute Gasteiger partial charge is 0.338 e. The fourth-order valence-corrected chi connectivity index (χ4v) is 4.37. The Kier molecular flexibility index (Phi) is 6.42. The summed E-state index contributed by atoms with van der Waals surface area (Å²) in [5, 5.41) is 12.7. The fraction of sp³-hybridized carbons (Fsp3) is 0.308. The minimum Gasteiger partial charge on any atom is -0.338 e. The molecule has 0 atom stereocenters. The number of nitrogens with zero attached hydrogens (tertiary/aromatic N) is 6. The van der Waals surface area contributed by atoms with Crippen molar-refractivity contribution in [2.75, 3.05) is 38.5 Å². The minimum absolute atomic E-state index is 0.222. The Hall–Kier alpha value is -3.49. The Labute approximate surface area is 198 Å². The second kappa shape index (κ2) is 9.79. The summed E-state index contributed by atoms with van der Waals surface area (Å²) >= 11 is 0. The molecular weight excluding hydrogens is 429 g/mol. The van der Waals surface area contributed by atoms with Gasteiger partial charge in [-0.1, -0.05) is 24.3 Å². The van der Waals surface area contributed by atoms with Crippen LogP contribution < -0.4 is 5.32 Å². The third-order valence-corrected chi connectivity index (χ3v) is 6.22. The second-order valence-corrected chi connectivity index (χ2v) is 8.94. The molecule has 2 aromatic carbocycles. The molecule has 7 nitrogen and oxygen atoms in total. The van der Waals surface area contributed by atoms with Crippen molar-refractivity contribution in [1.82, 2.24) is 30.0 Å². The first kappa shape index (κ1) is 22.3. The number of halogens is 1. The molecule has 8 heteroatoms. The van der Waals surface area contributed by atoms with Crippen LogP contribution in [-0.2, 0) is 13.0 Å². The number of fused-ring (bicyclic) bond motifs is 1. The average Bonchev–Trinajstić information content (AvgIpc) is 2.81. The first-order valence-electron chi connectivity index (χ1n) is 11.5. The minimum atomic E-state index is -0.222. The molecule has 1 fully saturated rings. The van der Waals surface area contributed by atoms with E-state index in [9.17, 15) is 4.39 Å². The van der Waals surface area contributed by atoms with Gasteiger partial charge in [-0.05, 0) is 48.9 Å². The molecule has 4 aromatic rings. The monoisotopic (exact) mass is 457 g/mol.